The predicted molar refractivity (Wildman–Crippen MR) is 114 cm³/mol. The topological polar surface area (TPSA) is 132 Å². The van der Waals surface area contributed by atoms with Crippen molar-refractivity contribution in [3.8, 4) is 0 Å². The maximum atomic E-state index is 11.8. The van der Waals surface area contributed by atoms with E-state index in [9.17, 15) is 9.59 Å². The molecule has 0 unspecified atom stereocenters. The van der Waals surface area contributed by atoms with Crippen molar-refractivity contribution in [1.29, 1.82) is 0 Å². The number of carbonyl (C=O) groups excluding carboxylic acids is 2. The second-order valence-electron chi connectivity index (χ2n) is 8.32. The fraction of sp³-hybridized carbons (Fsp3) is 0.905. The van der Waals surface area contributed by atoms with Crippen LogP contribution in [0.3, 0.4) is 0 Å². The van der Waals surface area contributed by atoms with Gasteiger partial charge < -0.3 is 28.4 Å². The number of ether oxygens (including phenoxy) is 6. The van der Waals surface area contributed by atoms with Crippen LogP contribution < -0.4 is 11.0 Å². The van der Waals surface area contributed by atoms with Gasteiger partial charge in [0.15, 0.2) is 0 Å². The van der Waals surface area contributed by atoms with Gasteiger partial charge in [-0.05, 0) is 27.7 Å². The van der Waals surface area contributed by atoms with Crippen molar-refractivity contribution < 1.29 is 47.7 Å². The second kappa shape index (κ2) is 13.9. The molecule has 0 radical (unpaired) electrons. The summed E-state index contributed by atoms with van der Waals surface area (Å²) in [5.41, 5.74) is 4.50. The first-order chi connectivity index (χ1) is 15.7. The molecule has 0 spiro atoms. The molecule has 12 nitrogen and oxygen atoms in total. The first kappa shape index (κ1) is 27.5. The lowest BCUT2D eigenvalue weighted by Gasteiger charge is -2.37. The van der Waals surface area contributed by atoms with Crippen LogP contribution in [0, 0.1) is 0 Å². The van der Waals surface area contributed by atoms with Gasteiger partial charge in [-0.25, -0.2) is 9.59 Å². The number of hydrogen-bond acceptors (Lipinski definition) is 10. The van der Waals surface area contributed by atoms with E-state index in [0.29, 0.717) is 19.3 Å². The molecule has 2 amide bonds. The SMILES string of the molecule is CO[C@H]1C[C@H](C)O[C@@H](C)[C@H]1ONC(=O)OCCCOC(=O)NO[C@@H]1[C@H](C)O[C@@H](C)C[C@@H]1OC. The van der Waals surface area contributed by atoms with E-state index in [4.69, 9.17) is 38.1 Å². The molecule has 12 heteroatoms. The van der Waals surface area contributed by atoms with Crippen LogP contribution in [0.25, 0.3) is 0 Å². The zero-order valence-electron chi connectivity index (χ0n) is 20.2. The highest BCUT2D eigenvalue weighted by molar-refractivity contribution is 5.66. The zero-order valence-corrected chi connectivity index (χ0v) is 20.2. The molecule has 2 heterocycles. The van der Waals surface area contributed by atoms with Gasteiger partial charge in [0.1, 0.15) is 12.2 Å². The number of carbonyl (C=O) groups is 2. The maximum Gasteiger partial charge on any atom is 0.431 e. The Morgan fingerprint density at radius 2 is 1.15 bits per heavy atom. The van der Waals surface area contributed by atoms with Crippen molar-refractivity contribution in [1.82, 2.24) is 11.0 Å². The number of nitrogens with one attached hydrogen (secondary N) is 2. The van der Waals surface area contributed by atoms with Crippen LogP contribution in [-0.4, -0.2) is 88.5 Å². The molecule has 192 valence electrons. The fourth-order valence-corrected chi connectivity index (χ4v) is 4.01. The molecular weight excluding hydrogens is 440 g/mol. The van der Waals surface area contributed by atoms with Gasteiger partial charge in [-0.3, -0.25) is 9.68 Å². The summed E-state index contributed by atoms with van der Waals surface area (Å²) in [7, 11) is 3.18. The van der Waals surface area contributed by atoms with Crippen LogP contribution in [0.15, 0.2) is 0 Å². The largest absolute Gasteiger partial charge is 0.448 e. The van der Waals surface area contributed by atoms with Crippen LogP contribution >= 0.6 is 0 Å². The summed E-state index contributed by atoms with van der Waals surface area (Å²) in [6.07, 6.45) is -1.63. The Labute approximate surface area is 194 Å². The molecule has 8 atom stereocenters. The maximum absolute atomic E-state index is 11.8. The predicted octanol–water partition coefficient (Wildman–Crippen LogP) is 1.85. The van der Waals surface area contributed by atoms with E-state index in [-0.39, 0.29) is 49.8 Å². The molecule has 2 fully saturated rings. The minimum absolute atomic E-state index is 0.0297. The quantitative estimate of drug-likeness (QED) is 0.354. The number of amides is 2. The molecule has 0 aromatic carbocycles. The summed E-state index contributed by atoms with van der Waals surface area (Å²) in [6.45, 7) is 7.67. The van der Waals surface area contributed by atoms with Crippen LogP contribution in [-0.2, 0) is 38.1 Å². The van der Waals surface area contributed by atoms with Gasteiger partial charge in [-0.2, -0.15) is 11.0 Å². The molecular formula is C21H38N2O10. The minimum Gasteiger partial charge on any atom is -0.448 e. The standard InChI is InChI=1S/C21H38N2O10/c1-12-10-16(26-5)18(14(3)30-12)32-22-20(24)28-8-7-9-29-21(25)23-33-19-15(4)31-13(2)11-17(19)27-6/h12-19H,7-11H2,1-6H3,(H,22,24)(H,23,25)/t12-,13-,14-,15-,16-,17-,18+,19+/m0/s1. The number of hydrogen-bond donors (Lipinski definition) is 2. The van der Waals surface area contributed by atoms with Gasteiger partial charge in [0.25, 0.3) is 0 Å². The Hall–Kier alpha value is -1.70. The van der Waals surface area contributed by atoms with E-state index < -0.39 is 24.4 Å². The second-order valence-corrected chi connectivity index (χ2v) is 8.32. The Morgan fingerprint density at radius 3 is 1.52 bits per heavy atom. The highest BCUT2D eigenvalue weighted by Gasteiger charge is 2.38. The third kappa shape index (κ3) is 8.87. The van der Waals surface area contributed by atoms with Crippen molar-refractivity contribution in [2.75, 3.05) is 27.4 Å². The smallest absolute Gasteiger partial charge is 0.431 e. The Morgan fingerprint density at radius 1 is 0.758 bits per heavy atom. The molecule has 2 rings (SSSR count). The van der Waals surface area contributed by atoms with Crippen LogP contribution in [0.5, 0.6) is 0 Å². The van der Waals surface area contributed by atoms with Gasteiger partial charge >= 0.3 is 12.2 Å². The third-order valence-electron chi connectivity index (χ3n) is 5.60. The molecule has 0 bridgehead atoms. The van der Waals surface area contributed by atoms with E-state index in [1.54, 1.807) is 14.2 Å². The molecule has 2 aliphatic rings. The summed E-state index contributed by atoms with van der Waals surface area (Å²) in [5, 5.41) is 0. The lowest BCUT2D eigenvalue weighted by atomic mass is 9.99. The summed E-state index contributed by atoms with van der Waals surface area (Å²) in [4.78, 5) is 34.5. The highest BCUT2D eigenvalue weighted by atomic mass is 16.7. The lowest BCUT2D eigenvalue weighted by molar-refractivity contribution is -0.201. The molecule has 0 aliphatic carbocycles. The Balaban J connectivity index is 1.56. The van der Waals surface area contributed by atoms with Crippen LogP contribution in [0.4, 0.5) is 9.59 Å². The van der Waals surface area contributed by atoms with Crippen molar-refractivity contribution >= 4 is 12.2 Å². The number of rotatable bonds is 10. The van der Waals surface area contributed by atoms with E-state index in [1.165, 1.54) is 0 Å². The van der Waals surface area contributed by atoms with Crippen LogP contribution in [0.2, 0.25) is 0 Å². The van der Waals surface area contributed by atoms with E-state index in [2.05, 4.69) is 11.0 Å². The molecule has 2 saturated heterocycles. The van der Waals surface area contributed by atoms with E-state index >= 15 is 0 Å². The summed E-state index contributed by atoms with van der Waals surface area (Å²) >= 11 is 0. The zero-order chi connectivity index (χ0) is 24.4. The lowest BCUT2D eigenvalue weighted by Crippen LogP contribution is -2.51. The van der Waals surface area contributed by atoms with E-state index in [1.807, 2.05) is 27.7 Å². The van der Waals surface area contributed by atoms with Crippen molar-refractivity contribution in [3.63, 3.8) is 0 Å². The number of hydroxylamine groups is 2. The third-order valence-corrected chi connectivity index (χ3v) is 5.60. The fourth-order valence-electron chi connectivity index (χ4n) is 4.01. The molecule has 2 aliphatic heterocycles. The Bertz CT molecular complexity index is 560. The molecule has 0 aromatic rings. The first-order valence-electron chi connectivity index (χ1n) is 11.3. The normalized spacial score (nSPS) is 34.4. The van der Waals surface area contributed by atoms with Crippen molar-refractivity contribution in [2.45, 2.75) is 95.8 Å². The molecule has 2 N–H and O–H groups in total. The monoisotopic (exact) mass is 478 g/mol. The summed E-state index contributed by atoms with van der Waals surface area (Å²) < 4.78 is 32.3. The van der Waals surface area contributed by atoms with Crippen molar-refractivity contribution in [2.24, 2.45) is 0 Å². The van der Waals surface area contributed by atoms with Gasteiger partial charge in [-0.15, -0.1) is 0 Å². The van der Waals surface area contributed by atoms with Crippen LogP contribution in [0.1, 0.15) is 47.0 Å². The first-order valence-corrected chi connectivity index (χ1v) is 11.3. The average molecular weight is 479 g/mol. The summed E-state index contributed by atoms with van der Waals surface area (Å²) in [5.74, 6) is 0. The Kier molecular flexibility index (Phi) is 11.6. The molecule has 0 saturated carbocycles. The van der Waals surface area contributed by atoms with Crippen molar-refractivity contribution in [3.05, 3.63) is 0 Å². The summed E-state index contributed by atoms with van der Waals surface area (Å²) in [6, 6.07) is 0. The van der Waals surface area contributed by atoms with Gasteiger partial charge in [-0.1, -0.05) is 0 Å². The molecule has 0 aromatic heterocycles. The highest BCUT2D eigenvalue weighted by Crippen LogP contribution is 2.24. The minimum atomic E-state index is -0.755. The van der Waals surface area contributed by atoms with Gasteiger partial charge in [0.05, 0.1) is 49.8 Å². The molecule has 33 heavy (non-hydrogen) atoms. The van der Waals surface area contributed by atoms with Gasteiger partial charge in [0.2, 0.25) is 0 Å². The van der Waals surface area contributed by atoms with Gasteiger partial charge in [0, 0.05) is 33.5 Å². The van der Waals surface area contributed by atoms with E-state index in [0.717, 1.165) is 0 Å². The average Bonchev–Trinajstić information content (AvgIpc) is 2.76. The number of methoxy groups -OCH3 is 2.